The van der Waals surface area contributed by atoms with Gasteiger partial charge in [0.05, 0.1) is 19.8 Å². The smallest absolute Gasteiger partial charge is 0.224 e. The number of ether oxygens (including phenoxy) is 3. The standard InChI is InChI=1S/C21H27NO4/c1-4-24-19-12-11-17(15-20(19)25-5-2)22-21(23)10-7-13-26-18-9-6-8-16(3)14-18/h6,8-9,11-12,14-15H,4-5,7,10,13H2,1-3H3,(H,22,23). The Morgan fingerprint density at radius 2 is 1.73 bits per heavy atom. The number of aryl methyl sites for hydroxylation is 1. The van der Waals surface area contributed by atoms with Crippen molar-refractivity contribution < 1.29 is 19.0 Å². The van der Waals surface area contributed by atoms with Crippen LogP contribution in [0.15, 0.2) is 42.5 Å². The summed E-state index contributed by atoms with van der Waals surface area (Å²) >= 11 is 0. The summed E-state index contributed by atoms with van der Waals surface area (Å²) in [7, 11) is 0. The number of carbonyl (C=O) groups is 1. The molecule has 0 aliphatic rings. The van der Waals surface area contributed by atoms with E-state index in [0.29, 0.717) is 49.8 Å². The van der Waals surface area contributed by atoms with E-state index in [4.69, 9.17) is 14.2 Å². The predicted molar refractivity (Wildman–Crippen MR) is 103 cm³/mol. The molecule has 5 nitrogen and oxygen atoms in total. The molecule has 0 aliphatic carbocycles. The van der Waals surface area contributed by atoms with Crippen LogP contribution in [0, 0.1) is 6.92 Å². The van der Waals surface area contributed by atoms with Crippen LogP contribution in [0.25, 0.3) is 0 Å². The second kappa shape index (κ2) is 10.3. The van der Waals surface area contributed by atoms with Crippen LogP contribution >= 0.6 is 0 Å². The van der Waals surface area contributed by atoms with E-state index < -0.39 is 0 Å². The summed E-state index contributed by atoms with van der Waals surface area (Å²) in [5, 5.41) is 2.89. The lowest BCUT2D eigenvalue weighted by Crippen LogP contribution is -2.13. The summed E-state index contributed by atoms with van der Waals surface area (Å²) < 4.78 is 16.8. The maximum atomic E-state index is 12.1. The van der Waals surface area contributed by atoms with Gasteiger partial charge in [0.25, 0.3) is 0 Å². The SMILES string of the molecule is CCOc1ccc(NC(=O)CCCOc2cccc(C)c2)cc1OCC. The first kappa shape index (κ1) is 19.6. The molecule has 0 aromatic heterocycles. The van der Waals surface area contributed by atoms with Crippen molar-refractivity contribution >= 4 is 11.6 Å². The summed E-state index contributed by atoms with van der Waals surface area (Å²) in [5.41, 5.74) is 1.85. The third kappa shape index (κ3) is 6.31. The first-order valence-corrected chi connectivity index (χ1v) is 9.01. The summed E-state index contributed by atoms with van der Waals surface area (Å²) in [5.74, 6) is 2.09. The number of nitrogens with one attached hydrogen (secondary N) is 1. The van der Waals surface area contributed by atoms with Crippen molar-refractivity contribution in [3.05, 3.63) is 48.0 Å². The molecule has 1 amide bonds. The fraction of sp³-hybridized carbons (Fsp3) is 0.381. The van der Waals surface area contributed by atoms with Crippen molar-refractivity contribution in [1.82, 2.24) is 0 Å². The zero-order chi connectivity index (χ0) is 18.8. The van der Waals surface area contributed by atoms with Crippen molar-refractivity contribution in [2.24, 2.45) is 0 Å². The molecule has 0 spiro atoms. The average molecular weight is 357 g/mol. The fourth-order valence-electron chi connectivity index (χ4n) is 2.48. The van der Waals surface area contributed by atoms with Crippen LogP contribution in [0.5, 0.6) is 17.2 Å². The number of rotatable bonds is 10. The van der Waals surface area contributed by atoms with Gasteiger partial charge in [-0.15, -0.1) is 0 Å². The summed E-state index contributed by atoms with van der Waals surface area (Å²) in [6, 6.07) is 13.3. The molecule has 0 atom stereocenters. The molecule has 2 aromatic carbocycles. The van der Waals surface area contributed by atoms with Gasteiger partial charge < -0.3 is 19.5 Å². The Hall–Kier alpha value is -2.69. The van der Waals surface area contributed by atoms with Gasteiger partial charge in [-0.1, -0.05) is 12.1 Å². The molecule has 26 heavy (non-hydrogen) atoms. The molecule has 0 heterocycles. The number of carbonyl (C=O) groups excluding carboxylic acids is 1. The topological polar surface area (TPSA) is 56.8 Å². The molecule has 0 unspecified atom stereocenters. The van der Waals surface area contributed by atoms with E-state index in [2.05, 4.69) is 5.32 Å². The Bertz CT molecular complexity index is 715. The Balaban J connectivity index is 1.80. The minimum Gasteiger partial charge on any atom is -0.494 e. The molecule has 2 rings (SSSR count). The summed E-state index contributed by atoms with van der Waals surface area (Å²) in [6.07, 6.45) is 1.04. The Kier molecular flexibility index (Phi) is 7.80. The lowest BCUT2D eigenvalue weighted by Gasteiger charge is -2.13. The van der Waals surface area contributed by atoms with Gasteiger partial charge in [-0.2, -0.15) is 0 Å². The van der Waals surface area contributed by atoms with E-state index in [-0.39, 0.29) is 5.91 Å². The van der Waals surface area contributed by atoms with Crippen LogP contribution in [0.2, 0.25) is 0 Å². The molecule has 140 valence electrons. The number of amides is 1. The van der Waals surface area contributed by atoms with E-state index in [1.165, 1.54) is 0 Å². The second-order valence-electron chi connectivity index (χ2n) is 5.84. The zero-order valence-corrected chi connectivity index (χ0v) is 15.7. The normalized spacial score (nSPS) is 10.3. The highest BCUT2D eigenvalue weighted by molar-refractivity contribution is 5.91. The van der Waals surface area contributed by atoms with Crippen LogP contribution in [0.4, 0.5) is 5.69 Å². The van der Waals surface area contributed by atoms with E-state index >= 15 is 0 Å². The number of anilines is 1. The van der Waals surface area contributed by atoms with Crippen LogP contribution in [-0.2, 0) is 4.79 Å². The molecular formula is C21H27NO4. The minimum atomic E-state index is -0.0514. The van der Waals surface area contributed by atoms with E-state index in [0.717, 1.165) is 11.3 Å². The first-order valence-electron chi connectivity index (χ1n) is 9.01. The molecule has 0 fully saturated rings. The number of benzene rings is 2. The van der Waals surface area contributed by atoms with Gasteiger partial charge in [-0.25, -0.2) is 0 Å². The zero-order valence-electron chi connectivity index (χ0n) is 15.7. The highest BCUT2D eigenvalue weighted by atomic mass is 16.5. The Morgan fingerprint density at radius 3 is 2.46 bits per heavy atom. The van der Waals surface area contributed by atoms with E-state index in [1.54, 1.807) is 6.07 Å². The summed E-state index contributed by atoms with van der Waals surface area (Å²) in [4.78, 5) is 12.1. The maximum absolute atomic E-state index is 12.1. The molecule has 0 aliphatic heterocycles. The van der Waals surface area contributed by atoms with Gasteiger partial charge >= 0.3 is 0 Å². The molecule has 1 N–H and O–H groups in total. The highest BCUT2D eigenvalue weighted by Gasteiger charge is 2.08. The van der Waals surface area contributed by atoms with Crippen molar-refractivity contribution in [2.45, 2.75) is 33.6 Å². The number of hydrogen-bond donors (Lipinski definition) is 1. The molecule has 2 aromatic rings. The third-order valence-corrected chi connectivity index (χ3v) is 3.63. The highest BCUT2D eigenvalue weighted by Crippen LogP contribution is 2.30. The molecule has 0 bridgehead atoms. The second-order valence-corrected chi connectivity index (χ2v) is 5.84. The molecule has 0 saturated heterocycles. The lowest BCUT2D eigenvalue weighted by molar-refractivity contribution is -0.116. The van der Waals surface area contributed by atoms with Gasteiger partial charge in [0.15, 0.2) is 11.5 Å². The van der Waals surface area contributed by atoms with Crippen molar-refractivity contribution in [3.63, 3.8) is 0 Å². The maximum Gasteiger partial charge on any atom is 0.224 e. The largest absolute Gasteiger partial charge is 0.494 e. The first-order chi connectivity index (χ1) is 12.6. The van der Waals surface area contributed by atoms with Crippen molar-refractivity contribution in [3.8, 4) is 17.2 Å². The van der Waals surface area contributed by atoms with E-state index in [1.807, 2.05) is 57.2 Å². The van der Waals surface area contributed by atoms with Crippen LogP contribution in [-0.4, -0.2) is 25.7 Å². The minimum absolute atomic E-state index is 0.0514. The number of hydrogen-bond acceptors (Lipinski definition) is 4. The molecule has 0 saturated carbocycles. The van der Waals surface area contributed by atoms with Gasteiger partial charge in [0.1, 0.15) is 5.75 Å². The monoisotopic (exact) mass is 357 g/mol. The van der Waals surface area contributed by atoms with Crippen LogP contribution in [0.3, 0.4) is 0 Å². The quantitative estimate of drug-likeness (QED) is 0.632. The predicted octanol–water partition coefficient (Wildman–Crippen LogP) is 4.59. The van der Waals surface area contributed by atoms with Gasteiger partial charge in [-0.3, -0.25) is 4.79 Å². The van der Waals surface area contributed by atoms with Crippen LogP contribution in [0.1, 0.15) is 32.3 Å². The van der Waals surface area contributed by atoms with Gasteiger partial charge in [0.2, 0.25) is 5.91 Å². The third-order valence-electron chi connectivity index (χ3n) is 3.63. The average Bonchev–Trinajstić information content (AvgIpc) is 2.61. The van der Waals surface area contributed by atoms with Gasteiger partial charge in [0, 0.05) is 18.2 Å². The molecule has 5 heteroatoms. The molecular weight excluding hydrogens is 330 g/mol. The lowest BCUT2D eigenvalue weighted by atomic mass is 10.2. The Morgan fingerprint density at radius 1 is 0.962 bits per heavy atom. The fourth-order valence-corrected chi connectivity index (χ4v) is 2.48. The summed E-state index contributed by atoms with van der Waals surface area (Å²) in [6.45, 7) is 7.46. The van der Waals surface area contributed by atoms with Crippen molar-refractivity contribution in [1.29, 1.82) is 0 Å². The Labute approximate surface area is 155 Å². The van der Waals surface area contributed by atoms with Crippen LogP contribution < -0.4 is 19.5 Å². The molecule has 0 radical (unpaired) electrons. The van der Waals surface area contributed by atoms with Gasteiger partial charge in [-0.05, 0) is 57.0 Å². The van der Waals surface area contributed by atoms with E-state index in [9.17, 15) is 4.79 Å². The van der Waals surface area contributed by atoms with Crippen molar-refractivity contribution in [2.75, 3.05) is 25.1 Å².